The van der Waals surface area contributed by atoms with Gasteiger partial charge >= 0.3 is 6.18 Å². The van der Waals surface area contributed by atoms with E-state index in [4.69, 9.17) is 0 Å². The summed E-state index contributed by atoms with van der Waals surface area (Å²) in [6, 6.07) is 0. The Morgan fingerprint density at radius 2 is 2.00 bits per heavy atom. The molecular formula is C5H6F3N3S. The van der Waals surface area contributed by atoms with Gasteiger partial charge in [0.15, 0.2) is 5.16 Å². The average Bonchev–Trinajstić information content (AvgIpc) is 2.29. The van der Waals surface area contributed by atoms with Crippen molar-refractivity contribution in [3.8, 4) is 0 Å². The summed E-state index contributed by atoms with van der Waals surface area (Å²) in [4.78, 5) is 3.29. The number of thioether (sulfide) groups is 1. The highest BCUT2D eigenvalue weighted by Gasteiger charge is 2.36. The Morgan fingerprint density at radius 1 is 1.42 bits per heavy atom. The van der Waals surface area contributed by atoms with Crippen molar-refractivity contribution in [3.05, 3.63) is 5.82 Å². The molecule has 0 aliphatic carbocycles. The van der Waals surface area contributed by atoms with Gasteiger partial charge in [-0.1, -0.05) is 11.8 Å². The van der Waals surface area contributed by atoms with Crippen LogP contribution in [0.25, 0.3) is 0 Å². The molecule has 0 atom stereocenters. The van der Waals surface area contributed by atoms with E-state index < -0.39 is 12.0 Å². The van der Waals surface area contributed by atoms with Crippen LogP contribution in [0, 0.1) is 0 Å². The minimum atomic E-state index is -4.45. The van der Waals surface area contributed by atoms with Crippen LogP contribution in [0.3, 0.4) is 0 Å². The van der Waals surface area contributed by atoms with Crippen LogP contribution < -0.4 is 0 Å². The van der Waals surface area contributed by atoms with Crippen LogP contribution in [-0.2, 0) is 13.2 Å². The zero-order chi connectivity index (χ0) is 9.35. The molecule has 68 valence electrons. The lowest BCUT2D eigenvalue weighted by atomic mass is 10.6. The van der Waals surface area contributed by atoms with Gasteiger partial charge in [-0.15, -0.1) is 5.10 Å². The molecule has 3 nitrogen and oxygen atoms in total. The molecule has 1 heterocycles. The molecule has 0 saturated heterocycles. The monoisotopic (exact) mass is 197 g/mol. The molecule has 0 N–H and O–H groups in total. The number of nitrogens with zero attached hydrogens (tertiary/aromatic N) is 3. The van der Waals surface area contributed by atoms with E-state index in [9.17, 15) is 13.2 Å². The maximum Gasteiger partial charge on any atom is 0.453 e. The summed E-state index contributed by atoms with van der Waals surface area (Å²) >= 11 is 1.12. The summed E-state index contributed by atoms with van der Waals surface area (Å²) in [5, 5.41) is 3.46. The molecule has 1 aromatic rings. The SMILES string of the molecule is CSc1nc(C(F)(F)F)nn1C. The predicted octanol–water partition coefficient (Wildman–Crippen LogP) is 1.56. The summed E-state index contributed by atoms with van der Waals surface area (Å²) < 4.78 is 37.0. The molecule has 0 spiro atoms. The molecule has 0 aliphatic heterocycles. The van der Waals surface area contributed by atoms with E-state index in [2.05, 4.69) is 10.1 Å². The molecule has 12 heavy (non-hydrogen) atoms. The van der Waals surface area contributed by atoms with E-state index in [1.54, 1.807) is 6.26 Å². The first-order valence-electron chi connectivity index (χ1n) is 2.97. The lowest BCUT2D eigenvalue weighted by molar-refractivity contribution is -0.145. The number of aryl methyl sites for hydroxylation is 1. The zero-order valence-corrected chi connectivity index (χ0v) is 7.20. The third-order valence-corrected chi connectivity index (χ3v) is 1.88. The first-order chi connectivity index (χ1) is 5.45. The minimum Gasteiger partial charge on any atom is -0.243 e. The van der Waals surface area contributed by atoms with Gasteiger partial charge in [0.05, 0.1) is 0 Å². The Morgan fingerprint density at radius 3 is 2.25 bits per heavy atom. The first-order valence-corrected chi connectivity index (χ1v) is 4.20. The van der Waals surface area contributed by atoms with E-state index in [0.717, 1.165) is 16.4 Å². The van der Waals surface area contributed by atoms with Crippen LogP contribution in [0.1, 0.15) is 5.82 Å². The van der Waals surface area contributed by atoms with Gasteiger partial charge in [0.1, 0.15) is 0 Å². The van der Waals surface area contributed by atoms with Gasteiger partial charge < -0.3 is 0 Å². The average molecular weight is 197 g/mol. The van der Waals surface area contributed by atoms with Crippen molar-refractivity contribution in [2.75, 3.05) is 6.26 Å². The van der Waals surface area contributed by atoms with Crippen molar-refractivity contribution in [1.29, 1.82) is 0 Å². The molecule has 7 heteroatoms. The molecule has 0 saturated carbocycles. The standard InChI is InChI=1S/C5H6F3N3S/c1-11-4(12-2)9-3(10-11)5(6,7)8/h1-2H3. The lowest BCUT2D eigenvalue weighted by Crippen LogP contribution is -2.08. The fourth-order valence-electron chi connectivity index (χ4n) is 0.668. The fraction of sp³-hybridized carbons (Fsp3) is 0.600. The van der Waals surface area contributed by atoms with Crippen molar-refractivity contribution in [2.45, 2.75) is 11.3 Å². The Kier molecular flexibility index (Phi) is 2.31. The normalized spacial score (nSPS) is 12.1. The van der Waals surface area contributed by atoms with E-state index in [-0.39, 0.29) is 5.16 Å². The first kappa shape index (κ1) is 9.37. The molecule has 0 bridgehead atoms. The third kappa shape index (κ3) is 1.71. The summed E-state index contributed by atoms with van der Waals surface area (Å²) in [5.41, 5.74) is 0. The van der Waals surface area contributed by atoms with Gasteiger partial charge in [-0.2, -0.15) is 18.2 Å². The zero-order valence-electron chi connectivity index (χ0n) is 6.38. The second kappa shape index (κ2) is 2.96. The van der Waals surface area contributed by atoms with Gasteiger partial charge in [-0.05, 0) is 6.26 Å². The highest BCUT2D eigenvalue weighted by molar-refractivity contribution is 7.98. The Hall–Kier alpha value is -0.720. The predicted molar refractivity (Wildman–Crippen MR) is 37.8 cm³/mol. The highest BCUT2D eigenvalue weighted by Crippen LogP contribution is 2.27. The van der Waals surface area contributed by atoms with E-state index in [0.29, 0.717) is 0 Å². The van der Waals surface area contributed by atoms with Crippen molar-refractivity contribution in [2.24, 2.45) is 7.05 Å². The van der Waals surface area contributed by atoms with Gasteiger partial charge in [0.25, 0.3) is 5.82 Å². The quantitative estimate of drug-likeness (QED) is 0.640. The molecule has 0 fully saturated rings. The molecule has 0 aliphatic rings. The van der Waals surface area contributed by atoms with Gasteiger partial charge in [0, 0.05) is 7.05 Å². The number of alkyl halides is 3. The maximum absolute atomic E-state index is 12.0. The molecule has 0 aromatic carbocycles. The lowest BCUT2D eigenvalue weighted by Gasteiger charge is -1.97. The molecular weight excluding hydrogens is 191 g/mol. The molecule has 0 unspecified atom stereocenters. The summed E-state index contributed by atoms with van der Waals surface area (Å²) in [6.45, 7) is 0. The van der Waals surface area contributed by atoms with Gasteiger partial charge in [-0.3, -0.25) is 0 Å². The summed E-state index contributed by atoms with van der Waals surface area (Å²) in [5.74, 6) is -1.09. The van der Waals surface area contributed by atoms with Crippen LogP contribution in [-0.4, -0.2) is 21.0 Å². The second-order valence-electron chi connectivity index (χ2n) is 2.04. The van der Waals surface area contributed by atoms with Crippen molar-refractivity contribution < 1.29 is 13.2 Å². The Bertz CT molecular complexity index is 280. The van der Waals surface area contributed by atoms with E-state index in [1.165, 1.54) is 7.05 Å². The van der Waals surface area contributed by atoms with Crippen LogP contribution in [0.2, 0.25) is 0 Å². The van der Waals surface area contributed by atoms with Gasteiger partial charge in [0.2, 0.25) is 0 Å². The van der Waals surface area contributed by atoms with E-state index >= 15 is 0 Å². The second-order valence-corrected chi connectivity index (χ2v) is 2.82. The van der Waals surface area contributed by atoms with E-state index in [1.807, 2.05) is 0 Å². The molecule has 1 rings (SSSR count). The summed E-state index contributed by atoms with van der Waals surface area (Å²) in [7, 11) is 1.42. The third-order valence-electron chi connectivity index (χ3n) is 1.16. The number of rotatable bonds is 1. The maximum atomic E-state index is 12.0. The number of aromatic nitrogens is 3. The van der Waals surface area contributed by atoms with Crippen molar-refractivity contribution in [3.63, 3.8) is 0 Å². The Labute approximate surface area is 71.0 Å². The minimum absolute atomic E-state index is 0.252. The fourth-order valence-corrected chi connectivity index (χ4v) is 1.15. The van der Waals surface area contributed by atoms with Crippen LogP contribution >= 0.6 is 11.8 Å². The summed E-state index contributed by atoms with van der Waals surface area (Å²) in [6.07, 6.45) is -2.81. The molecule has 0 radical (unpaired) electrons. The largest absolute Gasteiger partial charge is 0.453 e. The molecule has 1 aromatic heterocycles. The number of hydrogen-bond donors (Lipinski definition) is 0. The van der Waals surface area contributed by atoms with Crippen LogP contribution in [0.5, 0.6) is 0 Å². The topological polar surface area (TPSA) is 30.7 Å². The number of hydrogen-bond acceptors (Lipinski definition) is 3. The van der Waals surface area contributed by atoms with Crippen molar-refractivity contribution in [1.82, 2.24) is 14.8 Å². The highest BCUT2D eigenvalue weighted by atomic mass is 32.2. The van der Waals surface area contributed by atoms with Crippen LogP contribution in [0.4, 0.5) is 13.2 Å². The Balaban J connectivity index is 3.05. The smallest absolute Gasteiger partial charge is 0.243 e. The van der Waals surface area contributed by atoms with Crippen molar-refractivity contribution >= 4 is 11.8 Å². The van der Waals surface area contributed by atoms with Gasteiger partial charge in [-0.25, -0.2) is 4.68 Å². The van der Waals surface area contributed by atoms with Crippen LogP contribution in [0.15, 0.2) is 5.16 Å². The number of halogens is 3. The molecule has 0 amide bonds.